The van der Waals surface area contributed by atoms with Crippen molar-refractivity contribution in [3.63, 3.8) is 0 Å². The minimum absolute atomic E-state index is 0.118. The molecule has 0 saturated carbocycles. The van der Waals surface area contributed by atoms with Crippen molar-refractivity contribution in [2.75, 3.05) is 18.5 Å². The fraction of sp³-hybridized carbons (Fsp3) is 0.235. The molecule has 0 amide bonds. The van der Waals surface area contributed by atoms with Crippen LogP contribution in [0.15, 0.2) is 46.9 Å². The molecule has 3 heteroatoms. The third-order valence-electron chi connectivity index (χ3n) is 3.17. The average molecular weight is 332 g/mol. The molecule has 0 saturated heterocycles. The summed E-state index contributed by atoms with van der Waals surface area (Å²) in [6, 6.07) is 13.8. The average Bonchev–Trinajstić information content (AvgIpc) is 2.37. The van der Waals surface area contributed by atoms with E-state index in [2.05, 4.69) is 48.0 Å². The van der Waals surface area contributed by atoms with Crippen LogP contribution >= 0.6 is 15.9 Å². The van der Waals surface area contributed by atoms with Gasteiger partial charge in [-0.1, -0.05) is 34.1 Å². The van der Waals surface area contributed by atoms with Gasteiger partial charge in [0.25, 0.3) is 0 Å². The highest BCUT2D eigenvalue weighted by Gasteiger charge is 2.10. The van der Waals surface area contributed by atoms with Crippen molar-refractivity contribution >= 4 is 27.4 Å². The lowest BCUT2D eigenvalue weighted by atomic mass is 10.1. The second kappa shape index (κ2) is 6.23. The number of aryl methyl sites for hydroxylation is 2. The molecule has 104 valence electrons. The summed E-state index contributed by atoms with van der Waals surface area (Å²) in [5, 5.41) is 0. The highest BCUT2D eigenvalue weighted by Crippen LogP contribution is 2.18. The van der Waals surface area contributed by atoms with Crippen molar-refractivity contribution in [3.8, 4) is 0 Å². The van der Waals surface area contributed by atoms with Gasteiger partial charge in [0.1, 0.15) is 0 Å². The first-order chi connectivity index (χ1) is 9.45. The molecule has 0 unspecified atom stereocenters. The number of hydrogen-bond acceptors (Lipinski definition) is 2. The minimum Gasteiger partial charge on any atom is -0.367 e. The van der Waals surface area contributed by atoms with E-state index >= 15 is 0 Å². The van der Waals surface area contributed by atoms with Crippen molar-refractivity contribution in [2.45, 2.75) is 13.8 Å². The Labute approximate surface area is 128 Å². The van der Waals surface area contributed by atoms with Gasteiger partial charge in [-0.05, 0) is 49.2 Å². The van der Waals surface area contributed by atoms with Crippen LogP contribution in [0, 0.1) is 13.8 Å². The number of hydrogen-bond donors (Lipinski definition) is 0. The zero-order valence-electron chi connectivity index (χ0n) is 12.0. The molecule has 2 nitrogen and oxygen atoms in total. The van der Waals surface area contributed by atoms with Gasteiger partial charge >= 0.3 is 0 Å². The fourth-order valence-corrected chi connectivity index (χ4v) is 2.63. The van der Waals surface area contributed by atoms with E-state index in [0.29, 0.717) is 6.54 Å². The van der Waals surface area contributed by atoms with Crippen LogP contribution in [0.1, 0.15) is 21.5 Å². The minimum atomic E-state index is 0.118. The van der Waals surface area contributed by atoms with Crippen LogP contribution in [0.4, 0.5) is 5.69 Å². The van der Waals surface area contributed by atoms with Crippen LogP contribution in [0.3, 0.4) is 0 Å². The first kappa shape index (κ1) is 14.8. The number of benzene rings is 2. The number of ketones is 1. The van der Waals surface area contributed by atoms with E-state index in [9.17, 15) is 4.79 Å². The second-order valence-electron chi connectivity index (χ2n) is 5.14. The molecule has 0 spiro atoms. The topological polar surface area (TPSA) is 20.3 Å². The molecule has 0 aromatic heterocycles. The number of anilines is 1. The van der Waals surface area contributed by atoms with Crippen LogP contribution < -0.4 is 4.90 Å². The van der Waals surface area contributed by atoms with Gasteiger partial charge in [-0.3, -0.25) is 4.79 Å². The Kier molecular flexibility index (Phi) is 4.61. The van der Waals surface area contributed by atoms with Gasteiger partial charge < -0.3 is 4.90 Å². The molecule has 0 aliphatic carbocycles. The van der Waals surface area contributed by atoms with Crippen LogP contribution in [0.5, 0.6) is 0 Å². The summed E-state index contributed by atoms with van der Waals surface area (Å²) < 4.78 is 0.928. The first-order valence-corrected chi connectivity index (χ1v) is 7.33. The molecule has 0 N–H and O–H groups in total. The Morgan fingerprint density at radius 1 is 1.10 bits per heavy atom. The molecule has 0 aliphatic heterocycles. The predicted octanol–water partition coefficient (Wildman–Crippen LogP) is 4.39. The summed E-state index contributed by atoms with van der Waals surface area (Å²) in [5.41, 5.74) is 4.23. The monoisotopic (exact) mass is 331 g/mol. The third-order valence-corrected chi connectivity index (χ3v) is 3.67. The van der Waals surface area contributed by atoms with Crippen molar-refractivity contribution in [1.29, 1.82) is 0 Å². The zero-order chi connectivity index (χ0) is 14.7. The number of likely N-dealkylation sites (N-methyl/N-ethyl adjacent to an activating group) is 1. The summed E-state index contributed by atoms with van der Waals surface area (Å²) in [6.07, 6.45) is 0. The van der Waals surface area contributed by atoms with Gasteiger partial charge in [0, 0.05) is 22.8 Å². The Morgan fingerprint density at radius 3 is 2.35 bits per heavy atom. The van der Waals surface area contributed by atoms with Crippen LogP contribution in [0.25, 0.3) is 0 Å². The molecule has 0 atom stereocenters. The summed E-state index contributed by atoms with van der Waals surface area (Å²) in [5.74, 6) is 0.118. The standard InChI is InChI=1S/C17H18BrNO/c1-12-7-13(2)9-16(8-12)19(3)11-17(20)14-5-4-6-15(18)10-14/h4-10H,11H2,1-3H3. The van der Waals surface area contributed by atoms with Crippen LogP contribution in [0.2, 0.25) is 0 Å². The Balaban J connectivity index is 2.15. The molecule has 0 aliphatic rings. The van der Waals surface area contributed by atoms with E-state index in [-0.39, 0.29) is 5.78 Å². The smallest absolute Gasteiger partial charge is 0.182 e. The SMILES string of the molecule is Cc1cc(C)cc(N(C)CC(=O)c2cccc(Br)c2)c1. The Bertz CT molecular complexity index is 616. The van der Waals surface area contributed by atoms with Gasteiger partial charge in [-0.2, -0.15) is 0 Å². The number of Topliss-reactive ketones (excluding diaryl/α,β-unsaturated/α-hetero) is 1. The molecule has 0 bridgehead atoms. The maximum atomic E-state index is 12.3. The molecule has 2 aromatic carbocycles. The van der Waals surface area contributed by atoms with E-state index < -0.39 is 0 Å². The summed E-state index contributed by atoms with van der Waals surface area (Å²) in [7, 11) is 1.95. The van der Waals surface area contributed by atoms with Crippen molar-refractivity contribution in [1.82, 2.24) is 0 Å². The number of carbonyl (C=O) groups is 1. The number of rotatable bonds is 4. The summed E-state index contributed by atoms with van der Waals surface area (Å²) in [6.45, 7) is 4.51. The maximum Gasteiger partial charge on any atom is 0.182 e. The Morgan fingerprint density at radius 2 is 1.75 bits per heavy atom. The van der Waals surface area contributed by atoms with Crippen molar-refractivity contribution < 1.29 is 4.79 Å². The van der Waals surface area contributed by atoms with Gasteiger partial charge in [0.2, 0.25) is 0 Å². The molecular weight excluding hydrogens is 314 g/mol. The highest BCUT2D eigenvalue weighted by molar-refractivity contribution is 9.10. The first-order valence-electron chi connectivity index (χ1n) is 6.54. The van der Waals surface area contributed by atoms with Gasteiger partial charge in [0.15, 0.2) is 5.78 Å². The van der Waals surface area contributed by atoms with E-state index in [4.69, 9.17) is 0 Å². The van der Waals surface area contributed by atoms with Gasteiger partial charge in [-0.25, -0.2) is 0 Å². The lowest BCUT2D eigenvalue weighted by molar-refractivity contribution is 0.100. The predicted molar refractivity (Wildman–Crippen MR) is 87.7 cm³/mol. The number of halogens is 1. The summed E-state index contributed by atoms with van der Waals surface area (Å²) in [4.78, 5) is 14.3. The number of carbonyl (C=O) groups excluding carboxylic acids is 1. The second-order valence-corrected chi connectivity index (χ2v) is 6.05. The molecule has 20 heavy (non-hydrogen) atoms. The quantitative estimate of drug-likeness (QED) is 0.774. The van der Waals surface area contributed by atoms with Crippen LogP contribution in [-0.2, 0) is 0 Å². The Hall–Kier alpha value is -1.61. The normalized spacial score (nSPS) is 10.4. The molecule has 0 heterocycles. The highest BCUT2D eigenvalue weighted by atomic mass is 79.9. The van der Waals surface area contributed by atoms with Gasteiger partial charge in [-0.15, -0.1) is 0 Å². The van der Waals surface area contributed by atoms with Gasteiger partial charge in [0.05, 0.1) is 6.54 Å². The van der Waals surface area contributed by atoms with E-state index in [1.807, 2.05) is 36.2 Å². The molecule has 2 rings (SSSR count). The van der Waals surface area contributed by atoms with Crippen molar-refractivity contribution in [2.24, 2.45) is 0 Å². The van der Waals surface area contributed by atoms with E-state index in [1.165, 1.54) is 11.1 Å². The van der Waals surface area contributed by atoms with Crippen molar-refractivity contribution in [3.05, 3.63) is 63.6 Å². The molecular formula is C17H18BrNO. The van der Waals surface area contributed by atoms with E-state index in [1.54, 1.807) is 0 Å². The maximum absolute atomic E-state index is 12.3. The third kappa shape index (κ3) is 3.70. The molecule has 0 fully saturated rings. The largest absolute Gasteiger partial charge is 0.367 e. The lowest BCUT2D eigenvalue weighted by Gasteiger charge is -2.19. The van der Waals surface area contributed by atoms with E-state index in [0.717, 1.165) is 15.7 Å². The molecule has 2 aromatic rings. The zero-order valence-corrected chi connectivity index (χ0v) is 13.6. The lowest BCUT2D eigenvalue weighted by Crippen LogP contribution is -2.25. The van der Waals surface area contributed by atoms with Crippen LogP contribution in [-0.4, -0.2) is 19.4 Å². The molecule has 0 radical (unpaired) electrons. The summed E-state index contributed by atoms with van der Waals surface area (Å²) >= 11 is 3.39. The fourth-order valence-electron chi connectivity index (χ4n) is 2.23. The number of nitrogens with zero attached hydrogens (tertiary/aromatic N) is 1.